The van der Waals surface area contributed by atoms with Crippen molar-refractivity contribution in [2.75, 3.05) is 31.7 Å². The van der Waals surface area contributed by atoms with E-state index in [1.165, 1.54) is 0 Å². The number of aromatic nitrogens is 2. The van der Waals surface area contributed by atoms with Crippen molar-refractivity contribution < 1.29 is 23.9 Å². The van der Waals surface area contributed by atoms with Gasteiger partial charge < -0.3 is 25.1 Å². The van der Waals surface area contributed by atoms with Crippen LogP contribution in [0.1, 0.15) is 66.2 Å². The molecule has 0 unspecified atom stereocenters. The minimum Gasteiger partial charge on any atom is -0.462 e. The first-order valence-electron chi connectivity index (χ1n) is 11.1. The molecule has 33 heavy (non-hydrogen) atoms. The quantitative estimate of drug-likeness (QED) is 0.288. The van der Waals surface area contributed by atoms with Gasteiger partial charge in [-0.05, 0) is 51.5 Å². The second kappa shape index (κ2) is 10.9. The number of ether oxygens (including phenoxy) is 2. The molecule has 0 aliphatic carbocycles. The zero-order chi connectivity index (χ0) is 24.0. The molecule has 0 fully saturated rings. The Morgan fingerprint density at radius 3 is 2.76 bits per heavy atom. The van der Waals surface area contributed by atoms with Crippen LogP contribution in [0.2, 0.25) is 0 Å². The Balaban J connectivity index is 1.83. The number of aromatic amines is 1. The molecular weight excluding hydrogens is 424 g/mol. The van der Waals surface area contributed by atoms with E-state index in [4.69, 9.17) is 9.47 Å². The molecule has 0 saturated heterocycles. The monoisotopic (exact) mass is 454 g/mol. The Morgan fingerprint density at radius 2 is 2.03 bits per heavy atom. The molecule has 3 N–H and O–H groups in total. The number of H-pyrrole nitrogens is 1. The van der Waals surface area contributed by atoms with Gasteiger partial charge in [-0.25, -0.2) is 9.78 Å². The zero-order valence-electron chi connectivity index (χ0n) is 19.4. The molecule has 0 spiro atoms. The normalized spacial score (nSPS) is 14.7. The predicted octanol–water partition coefficient (Wildman–Crippen LogP) is 3.03. The fourth-order valence-electron chi connectivity index (χ4n) is 3.48. The number of rotatable bonds is 10. The van der Waals surface area contributed by atoms with Crippen LogP contribution in [0.5, 0.6) is 0 Å². The number of aryl methyl sites for hydroxylation is 1. The third kappa shape index (κ3) is 5.67. The highest BCUT2D eigenvalue weighted by Crippen LogP contribution is 2.33. The lowest BCUT2D eigenvalue weighted by molar-refractivity contribution is -0.122. The van der Waals surface area contributed by atoms with Crippen LogP contribution >= 0.6 is 0 Å². The standard InChI is InChI=1S/C24H30N4O5/c1-5-10-32-11-9-25-22(29)15(4)18-7-8-19-21(27-18)17(23(30)28-19)13-20-16(12-14(3)26-20)24(31)33-6-2/h7-8,12-13,15,26H,5-6,9-11H2,1-4H3,(H,25,29)(H,28,30)/b17-13-/t15-/m0/s1. The lowest BCUT2D eigenvalue weighted by atomic mass is 10.0. The second-order valence-corrected chi connectivity index (χ2v) is 7.77. The van der Waals surface area contributed by atoms with E-state index in [0.29, 0.717) is 53.7 Å². The number of esters is 1. The lowest BCUT2D eigenvalue weighted by Gasteiger charge is -2.13. The van der Waals surface area contributed by atoms with Gasteiger partial charge in [0.2, 0.25) is 5.91 Å². The van der Waals surface area contributed by atoms with Crippen molar-refractivity contribution in [3.63, 3.8) is 0 Å². The second-order valence-electron chi connectivity index (χ2n) is 7.77. The molecule has 2 aromatic heterocycles. The van der Waals surface area contributed by atoms with Gasteiger partial charge in [0, 0.05) is 18.8 Å². The molecule has 2 amide bonds. The van der Waals surface area contributed by atoms with Crippen LogP contribution in [0, 0.1) is 6.92 Å². The molecule has 9 nitrogen and oxygen atoms in total. The molecule has 0 radical (unpaired) electrons. The molecule has 3 heterocycles. The van der Waals surface area contributed by atoms with Crippen LogP contribution in [0.4, 0.5) is 5.69 Å². The van der Waals surface area contributed by atoms with E-state index in [1.54, 1.807) is 38.1 Å². The summed E-state index contributed by atoms with van der Waals surface area (Å²) >= 11 is 0. The maximum absolute atomic E-state index is 12.6. The Bertz CT molecular complexity index is 1070. The van der Waals surface area contributed by atoms with Gasteiger partial charge in [0.05, 0.1) is 53.0 Å². The number of carbonyl (C=O) groups excluding carboxylic acids is 3. The Hall–Kier alpha value is -3.46. The third-order valence-electron chi connectivity index (χ3n) is 5.16. The summed E-state index contributed by atoms with van der Waals surface area (Å²) in [4.78, 5) is 45.2. The molecule has 1 atom stereocenters. The molecule has 1 aliphatic rings. The number of anilines is 1. The number of carbonyl (C=O) groups is 3. The van der Waals surface area contributed by atoms with Crippen LogP contribution in [-0.2, 0) is 19.1 Å². The number of hydrogen-bond acceptors (Lipinski definition) is 6. The number of nitrogens with zero attached hydrogens (tertiary/aromatic N) is 1. The maximum Gasteiger partial charge on any atom is 0.340 e. The molecule has 0 saturated carbocycles. The van der Waals surface area contributed by atoms with Crippen LogP contribution in [0.25, 0.3) is 11.6 Å². The van der Waals surface area contributed by atoms with Crippen molar-refractivity contribution in [2.45, 2.75) is 40.0 Å². The largest absolute Gasteiger partial charge is 0.462 e. The Labute approximate surface area is 193 Å². The van der Waals surface area contributed by atoms with E-state index in [0.717, 1.165) is 12.1 Å². The van der Waals surface area contributed by atoms with Gasteiger partial charge in [0.25, 0.3) is 5.91 Å². The van der Waals surface area contributed by atoms with E-state index in [9.17, 15) is 14.4 Å². The summed E-state index contributed by atoms with van der Waals surface area (Å²) in [7, 11) is 0. The number of nitrogens with one attached hydrogen (secondary N) is 3. The van der Waals surface area contributed by atoms with E-state index in [1.807, 2.05) is 13.8 Å². The predicted molar refractivity (Wildman–Crippen MR) is 125 cm³/mol. The Kier molecular flexibility index (Phi) is 8.00. The smallest absolute Gasteiger partial charge is 0.340 e. The number of hydrogen-bond donors (Lipinski definition) is 3. The topological polar surface area (TPSA) is 122 Å². The first kappa shape index (κ1) is 24.2. The van der Waals surface area contributed by atoms with Gasteiger partial charge in [0.15, 0.2) is 0 Å². The average Bonchev–Trinajstić information content (AvgIpc) is 3.32. The summed E-state index contributed by atoms with van der Waals surface area (Å²) < 4.78 is 10.5. The zero-order valence-corrected chi connectivity index (χ0v) is 19.4. The van der Waals surface area contributed by atoms with E-state index < -0.39 is 11.9 Å². The average molecular weight is 455 g/mol. The highest BCUT2D eigenvalue weighted by Gasteiger charge is 2.29. The van der Waals surface area contributed by atoms with Gasteiger partial charge in [-0.3, -0.25) is 9.59 Å². The Morgan fingerprint density at radius 1 is 1.24 bits per heavy atom. The fraction of sp³-hybridized carbons (Fsp3) is 0.417. The van der Waals surface area contributed by atoms with E-state index >= 15 is 0 Å². The highest BCUT2D eigenvalue weighted by molar-refractivity contribution is 6.34. The van der Waals surface area contributed by atoms with Crippen molar-refractivity contribution in [1.29, 1.82) is 0 Å². The minimum atomic E-state index is -0.513. The van der Waals surface area contributed by atoms with Crippen molar-refractivity contribution in [3.8, 4) is 0 Å². The molecule has 0 aromatic carbocycles. The van der Waals surface area contributed by atoms with E-state index in [2.05, 4.69) is 20.6 Å². The van der Waals surface area contributed by atoms with Gasteiger partial charge in [-0.2, -0.15) is 0 Å². The summed E-state index contributed by atoms with van der Waals surface area (Å²) in [6, 6.07) is 5.14. The maximum atomic E-state index is 12.6. The number of amides is 2. The van der Waals surface area contributed by atoms with Crippen LogP contribution in [0.15, 0.2) is 18.2 Å². The number of pyridine rings is 1. The SMILES string of the molecule is CCCOCCNC(=O)[C@@H](C)c1ccc2c(n1)/C(=C/c1[nH]c(C)cc1C(=O)OCC)C(=O)N2. The van der Waals surface area contributed by atoms with Gasteiger partial charge in [-0.15, -0.1) is 0 Å². The summed E-state index contributed by atoms with van der Waals surface area (Å²) in [5, 5.41) is 5.63. The van der Waals surface area contributed by atoms with Crippen molar-refractivity contribution in [2.24, 2.45) is 0 Å². The highest BCUT2D eigenvalue weighted by atomic mass is 16.5. The van der Waals surface area contributed by atoms with Gasteiger partial charge in [-0.1, -0.05) is 6.92 Å². The molecular formula is C24H30N4O5. The van der Waals surface area contributed by atoms with Crippen LogP contribution in [0.3, 0.4) is 0 Å². The summed E-state index contributed by atoms with van der Waals surface area (Å²) in [5.41, 5.74) is 3.41. The fourth-order valence-corrected chi connectivity index (χ4v) is 3.48. The summed E-state index contributed by atoms with van der Waals surface area (Å²) in [6.45, 7) is 9.11. The molecule has 3 rings (SSSR count). The molecule has 1 aliphatic heterocycles. The third-order valence-corrected chi connectivity index (χ3v) is 5.16. The summed E-state index contributed by atoms with van der Waals surface area (Å²) in [5.74, 6) is -1.49. The van der Waals surface area contributed by atoms with Gasteiger partial charge in [0.1, 0.15) is 0 Å². The lowest BCUT2D eigenvalue weighted by Crippen LogP contribution is -2.31. The number of fused-ring (bicyclic) bond motifs is 1. The van der Waals surface area contributed by atoms with Crippen LogP contribution < -0.4 is 10.6 Å². The van der Waals surface area contributed by atoms with E-state index in [-0.39, 0.29) is 18.4 Å². The molecule has 9 heteroatoms. The summed E-state index contributed by atoms with van der Waals surface area (Å²) in [6.07, 6.45) is 2.52. The van der Waals surface area contributed by atoms with Crippen LogP contribution in [-0.4, -0.2) is 54.1 Å². The van der Waals surface area contributed by atoms with Crippen molar-refractivity contribution in [1.82, 2.24) is 15.3 Å². The molecule has 176 valence electrons. The minimum absolute atomic E-state index is 0.171. The molecule has 2 aromatic rings. The van der Waals surface area contributed by atoms with Crippen molar-refractivity contribution in [3.05, 3.63) is 46.5 Å². The first-order chi connectivity index (χ1) is 15.8. The first-order valence-corrected chi connectivity index (χ1v) is 11.1. The molecule has 0 bridgehead atoms. The van der Waals surface area contributed by atoms with Gasteiger partial charge >= 0.3 is 5.97 Å². The van der Waals surface area contributed by atoms with Crippen molar-refractivity contribution >= 4 is 35.1 Å².